The predicted octanol–water partition coefficient (Wildman–Crippen LogP) is -0.264. The van der Waals surface area contributed by atoms with Crippen molar-refractivity contribution in [2.45, 2.75) is 45.8 Å². The minimum atomic E-state index is -0.516. The van der Waals surface area contributed by atoms with Crippen molar-refractivity contribution < 1.29 is 14.3 Å². The maximum Gasteiger partial charge on any atom is 0.245 e. The number of nitrogens with zero attached hydrogens (tertiary/aromatic N) is 1. The number of nitrogens with one attached hydrogen (secondary N) is 2. The summed E-state index contributed by atoms with van der Waals surface area (Å²) in [4.78, 5) is 25.8. The van der Waals surface area contributed by atoms with Gasteiger partial charge < -0.3 is 20.3 Å². The fourth-order valence-electron chi connectivity index (χ4n) is 1.89. The Hall–Kier alpha value is -1.14. The van der Waals surface area contributed by atoms with E-state index in [0.717, 1.165) is 0 Å². The lowest BCUT2D eigenvalue weighted by atomic mass is 10.2. The number of hydrogen-bond donors (Lipinski definition) is 2. The van der Waals surface area contributed by atoms with Gasteiger partial charge in [-0.25, -0.2) is 0 Å². The fourth-order valence-corrected chi connectivity index (χ4v) is 1.89. The van der Waals surface area contributed by atoms with Crippen molar-refractivity contribution in [3.63, 3.8) is 0 Å². The molecule has 1 atom stereocenters. The second-order valence-electron chi connectivity index (χ2n) is 5.38. The lowest BCUT2D eigenvalue weighted by Gasteiger charge is -2.35. The third kappa shape index (κ3) is 5.16. The Kier molecular flexibility index (Phi) is 6.24. The Bertz CT molecular complexity index is 318. The summed E-state index contributed by atoms with van der Waals surface area (Å²) in [6.07, 6.45) is 0. The van der Waals surface area contributed by atoms with Crippen molar-refractivity contribution in [1.29, 1.82) is 0 Å². The van der Waals surface area contributed by atoms with Crippen LogP contribution in [0.15, 0.2) is 0 Å². The second kappa shape index (κ2) is 7.45. The molecule has 6 nitrogen and oxygen atoms in total. The summed E-state index contributed by atoms with van der Waals surface area (Å²) in [5, 5.41) is 5.91. The zero-order chi connectivity index (χ0) is 14.4. The van der Waals surface area contributed by atoms with Crippen LogP contribution in [0.5, 0.6) is 0 Å². The van der Waals surface area contributed by atoms with Crippen LogP contribution < -0.4 is 10.6 Å². The molecular formula is C13H25N3O3. The van der Waals surface area contributed by atoms with Crippen molar-refractivity contribution >= 4 is 11.8 Å². The molecule has 6 heteroatoms. The molecule has 1 heterocycles. The number of ether oxygens (including phenoxy) is 1. The molecule has 0 aromatic carbocycles. The molecule has 19 heavy (non-hydrogen) atoms. The quantitative estimate of drug-likeness (QED) is 0.722. The molecule has 0 radical (unpaired) electrons. The molecule has 0 saturated carbocycles. The van der Waals surface area contributed by atoms with Gasteiger partial charge in [-0.3, -0.25) is 9.59 Å². The normalized spacial score (nSPS) is 19.9. The van der Waals surface area contributed by atoms with Crippen LogP contribution in [0.4, 0.5) is 0 Å². The van der Waals surface area contributed by atoms with Crippen LogP contribution in [0, 0.1) is 0 Å². The number of carbonyl (C=O) groups excluding carboxylic acids is 2. The van der Waals surface area contributed by atoms with Gasteiger partial charge in [-0.15, -0.1) is 0 Å². The third-order valence-corrected chi connectivity index (χ3v) is 2.84. The molecule has 2 N–H and O–H groups in total. The molecule has 1 fully saturated rings. The van der Waals surface area contributed by atoms with Gasteiger partial charge in [-0.05, 0) is 13.8 Å². The second-order valence-corrected chi connectivity index (χ2v) is 5.38. The summed E-state index contributed by atoms with van der Waals surface area (Å²) in [7, 11) is 0. The van der Waals surface area contributed by atoms with E-state index in [1.54, 1.807) is 4.90 Å². The van der Waals surface area contributed by atoms with Gasteiger partial charge in [0.1, 0.15) is 6.04 Å². The Morgan fingerprint density at radius 3 is 2.53 bits per heavy atom. The van der Waals surface area contributed by atoms with Crippen LogP contribution in [0.3, 0.4) is 0 Å². The highest BCUT2D eigenvalue weighted by molar-refractivity contribution is 5.88. The molecular weight excluding hydrogens is 246 g/mol. The lowest BCUT2D eigenvalue weighted by molar-refractivity contribution is -0.148. The first-order valence-corrected chi connectivity index (χ1v) is 6.82. The minimum Gasteiger partial charge on any atom is -0.377 e. The number of carbonyl (C=O) groups is 2. The van der Waals surface area contributed by atoms with Crippen LogP contribution >= 0.6 is 0 Å². The van der Waals surface area contributed by atoms with E-state index in [9.17, 15) is 9.59 Å². The molecule has 0 aliphatic carbocycles. The van der Waals surface area contributed by atoms with Crippen molar-refractivity contribution in [2.75, 3.05) is 26.3 Å². The smallest absolute Gasteiger partial charge is 0.245 e. The Morgan fingerprint density at radius 2 is 1.95 bits per heavy atom. The van der Waals surface area contributed by atoms with E-state index in [4.69, 9.17) is 4.74 Å². The molecule has 110 valence electrons. The number of hydrogen-bond acceptors (Lipinski definition) is 4. The fraction of sp³-hybridized carbons (Fsp3) is 0.846. The van der Waals surface area contributed by atoms with Crippen molar-refractivity contribution in [2.24, 2.45) is 0 Å². The molecule has 1 aliphatic rings. The van der Waals surface area contributed by atoms with Crippen LogP contribution in [0.2, 0.25) is 0 Å². The zero-order valence-corrected chi connectivity index (χ0v) is 12.2. The van der Waals surface area contributed by atoms with E-state index in [0.29, 0.717) is 13.2 Å². The van der Waals surface area contributed by atoms with Gasteiger partial charge in [0, 0.05) is 18.6 Å². The molecule has 0 spiro atoms. The maximum absolute atomic E-state index is 12.1. The van der Waals surface area contributed by atoms with Crippen molar-refractivity contribution in [3.05, 3.63) is 0 Å². The average molecular weight is 271 g/mol. The van der Waals surface area contributed by atoms with E-state index >= 15 is 0 Å². The summed E-state index contributed by atoms with van der Waals surface area (Å²) < 4.78 is 5.32. The third-order valence-electron chi connectivity index (χ3n) is 2.84. The molecule has 1 aliphatic heterocycles. The Morgan fingerprint density at radius 1 is 1.26 bits per heavy atom. The van der Waals surface area contributed by atoms with E-state index < -0.39 is 6.04 Å². The standard InChI is InChI=1S/C13H25N3O3/c1-9(2)14-7-12(17)16-5-6-19-8-11(16)13(18)15-10(3)4/h9-11,14H,5-8H2,1-4H3,(H,15,18). The summed E-state index contributed by atoms with van der Waals surface area (Å²) in [6, 6.07) is -0.217. The minimum absolute atomic E-state index is 0.0547. The Labute approximate surface area is 114 Å². The van der Waals surface area contributed by atoms with Gasteiger partial charge in [0.25, 0.3) is 0 Å². The summed E-state index contributed by atoms with van der Waals surface area (Å²) in [5.41, 5.74) is 0. The Balaban J connectivity index is 2.61. The zero-order valence-electron chi connectivity index (χ0n) is 12.2. The van der Waals surface area contributed by atoms with E-state index in [1.807, 2.05) is 27.7 Å². The molecule has 0 bridgehead atoms. The van der Waals surface area contributed by atoms with Gasteiger partial charge in [0.05, 0.1) is 19.8 Å². The first-order chi connectivity index (χ1) is 8.91. The summed E-state index contributed by atoms with van der Waals surface area (Å²) in [5.74, 6) is -0.200. The van der Waals surface area contributed by atoms with E-state index in [1.165, 1.54) is 0 Å². The van der Waals surface area contributed by atoms with Crippen molar-refractivity contribution in [3.8, 4) is 0 Å². The van der Waals surface area contributed by atoms with Crippen LogP contribution in [-0.4, -0.2) is 61.1 Å². The van der Waals surface area contributed by atoms with Gasteiger partial charge in [0.15, 0.2) is 0 Å². The number of rotatable bonds is 5. The molecule has 0 aromatic rings. The molecule has 1 unspecified atom stereocenters. The maximum atomic E-state index is 12.1. The molecule has 2 amide bonds. The first kappa shape index (κ1) is 15.9. The average Bonchev–Trinajstić information content (AvgIpc) is 2.35. The first-order valence-electron chi connectivity index (χ1n) is 6.82. The lowest BCUT2D eigenvalue weighted by Crippen LogP contribution is -2.58. The van der Waals surface area contributed by atoms with Crippen LogP contribution in [-0.2, 0) is 14.3 Å². The van der Waals surface area contributed by atoms with Gasteiger partial charge >= 0.3 is 0 Å². The van der Waals surface area contributed by atoms with Gasteiger partial charge in [-0.1, -0.05) is 13.8 Å². The largest absolute Gasteiger partial charge is 0.377 e. The SMILES string of the molecule is CC(C)NCC(=O)N1CCOCC1C(=O)NC(C)C. The number of morpholine rings is 1. The highest BCUT2D eigenvalue weighted by atomic mass is 16.5. The highest BCUT2D eigenvalue weighted by Gasteiger charge is 2.32. The summed E-state index contributed by atoms with van der Waals surface area (Å²) >= 11 is 0. The van der Waals surface area contributed by atoms with Gasteiger partial charge in [0.2, 0.25) is 11.8 Å². The highest BCUT2D eigenvalue weighted by Crippen LogP contribution is 2.08. The summed E-state index contributed by atoms with van der Waals surface area (Å²) in [6.45, 7) is 9.23. The van der Waals surface area contributed by atoms with E-state index in [-0.39, 0.29) is 37.0 Å². The van der Waals surface area contributed by atoms with Crippen molar-refractivity contribution in [1.82, 2.24) is 15.5 Å². The predicted molar refractivity (Wildman–Crippen MR) is 72.7 cm³/mol. The number of amides is 2. The molecule has 1 rings (SSSR count). The van der Waals surface area contributed by atoms with Crippen LogP contribution in [0.1, 0.15) is 27.7 Å². The van der Waals surface area contributed by atoms with E-state index in [2.05, 4.69) is 10.6 Å². The monoisotopic (exact) mass is 271 g/mol. The van der Waals surface area contributed by atoms with Gasteiger partial charge in [-0.2, -0.15) is 0 Å². The topological polar surface area (TPSA) is 70.7 Å². The molecule has 0 aromatic heterocycles. The molecule has 1 saturated heterocycles. The van der Waals surface area contributed by atoms with Crippen LogP contribution in [0.25, 0.3) is 0 Å².